The normalized spacial score (nSPS) is 14.9. The average Bonchev–Trinajstić information content (AvgIpc) is 3.09. The zero-order valence-electron chi connectivity index (χ0n) is 16.9. The molecule has 4 N–H and O–H groups in total. The highest BCUT2D eigenvalue weighted by Gasteiger charge is 2.36. The Hall–Kier alpha value is -2.89. The van der Waals surface area contributed by atoms with Gasteiger partial charge in [-0.3, -0.25) is 9.69 Å². The van der Waals surface area contributed by atoms with Crippen molar-refractivity contribution >= 4 is 44.9 Å². The molecule has 1 aromatic carbocycles. The summed E-state index contributed by atoms with van der Waals surface area (Å²) in [5.74, 6) is -0.498. The number of benzene rings is 1. The Morgan fingerprint density at radius 3 is 2.58 bits per heavy atom. The minimum Gasteiger partial charge on any atom is -0.384 e. The Kier molecular flexibility index (Phi) is 5.73. The van der Waals surface area contributed by atoms with Crippen LogP contribution in [0.4, 0.5) is 21.0 Å². The van der Waals surface area contributed by atoms with Gasteiger partial charge in [0.1, 0.15) is 26.8 Å². The van der Waals surface area contributed by atoms with E-state index in [2.05, 4.69) is 14.9 Å². The molecule has 3 aromatic rings. The number of aryl methyl sites for hydroxylation is 1. The molecule has 2 aromatic heterocycles. The van der Waals surface area contributed by atoms with Crippen LogP contribution in [0.1, 0.15) is 5.69 Å². The summed E-state index contributed by atoms with van der Waals surface area (Å²) in [5.41, 5.74) is 8.11. The maximum Gasteiger partial charge on any atom is 0.235 e. The number of rotatable bonds is 5. The number of nitrogens with two attached hydrogens (primary N) is 2. The molecule has 0 radical (unpaired) electrons. The topological polar surface area (TPSA) is 118 Å². The van der Waals surface area contributed by atoms with Crippen molar-refractivity contribution in [1.29, 1.82) is 0 Å². The maximum atomic E-state index is 14.1. The Bertz CT molecular complexity index is 1160. The lowest BCUT2D eigenvalue weighted by atomic mass is 9.97. The van der Waals surface area contributed by atoms with Gasteiger partial charge in [-0.15, -0.1) is 0 Å². The molecule has 31 heavy (non-hydrogen) atoms. The number of nitrogens with zero attached hydrogens (tertiary/aromatic N) is 4. The molecule has 1 aliphatic rings. The summed E-state index contributed by atoms with van der Waals surface area (Å²) in [4.78, 5) is 24.6. The van der Waals surface area contributed by atoms with Gasteiger partial charge in [-0.25, -0.2) is 23.7 Å². The summed E-state index contributed by atoms with van der Waals surface area (Å²) in [6, 6.07) is 8.62. The first kappa shape index (κ1) is 21.3. The van der Waals surface area contributed by atoms with Crippen LogP contribution in [0.3, 0.4) is 0 Å². The molecule has 1 aliphatic heterocycles. The van der Waals surface area contributed by atoms with Crippen LogP contribution in [-0.4, -0.2) is 40.2 Å². The fourth-order valence-corrected chi connectivity index (χ4v) is 5.08. The summed E-state index contributed by atoms with van der Waals surface area (Å²) in [5, 5.41) is 5.93. The van der Waals surface area contributed by atoms with Gasteiger partial charge in [0, 0.05) is 43.7 Å². The van der Waals surface area contributed by atoms with Gasteiger partial charge in [-0.2, -0.15) is 0 Å². The fourth-order valence-electron chi connectivity index (χ4n) is 3.42. The van der Waals surface area contributed by atoms with Gasteiger partial charge in [-0.1, -0.05) is 23.5 Å². The predicted molar refractivity (Wildman–Crippen MR) is 121 cm³/mol. The minimum absolute atomic E-state index is 0.0500. The van der Waals surface area contributed by atoms with E-state index in [0.29, 0.717) is 39.3 Å². The second-order valence-corrected chi connectivity index (χ2v) is 9.54. The summed E-state index contributed by atoms with van der Waals surface area (Å²) in [6.07, 6.45) is 1.42. The highest BCUT2D eigenvalue weighted by molar-refractivity contribution is 7.85. The Morgan fingerprint density at radius 2 is 2.00 bits per heavy atom. The molecule has 3 heterocycles. The molecule has 11 heteroatoms. The van der Waals surface area contributed by atoms with E-state index in [9.17, 15) is 13.4 Å². The quantitative estimate of drug-likeness (QED) is 0.603. The number of nitrogen functional groups attached to an aromatic ring is 1. The molecule has 1 amide bonds. The first-order valence-corrected chi connectivity index (χ1v) is 11.4. The van der Waals surface area contributed by atoms with Crippen LogP contribution < -0.4 is 20.7 Å². The molecule has 0 spiro atoms. The van der Waals surface area contributed by atoms with Crippen LogP contribution in [-0.2, 0) is 15.8 Å². The summed E-state index contributed by atoms with van der Waals surface area (Å²) >= 11 is 1.17. The van der Waals surface area contributed by atoms with Gasteiger partial charge >= 0.3 is 0 Å². The Labute approximate surface area is 185 Å². The molecule has 0 saturated carbocycles. The van der Waals surface area contributed by atoms with Crippen LogP contribution in [0.25, 0.3) is 11.1 Å². The number of pyridine rings is 1. The lowest BCUT2D eigenvalue weighted by Gasteiger charge is -2.41. The molecule has 0 aliphatic carbocycles. The first-order chi connectivity index (χ1) is 14.7. The van der Waals surface area contributed by atoms with E-state index in [0.717, 1.165) is 5.69 Å². The number of carbonyl (C=O) groups is 1. The number of carbonyl (C=O) groups excluding carboxylic acids is 1. The molecule has 0 bridgehead atoms. The van der Waals surface area contributed by atoms with E-state index >= 15 is 0 Å². The van der Waals surface area contributed by atoms with E-state index in [1.165, 1.54) is 28.5 Å². The average molecular weight is 461 g/mol. The van der Waals surface area contributed by atoms with Crippen LogP contribution in [0.5, 0.6) is 0 Å². The first-order valence-electron chi connectivity index (χ1n) is 9.42. The Balaban J connectivity index is 1.40. The maximum absolute atomic E-state index is 14.1. The highest BCUT2D eigenvalue weighted by Crippen LogP contribution is 2.32. The van der Waals surface area contributed by atoms with Crippen molar-refractivity contribution in [2.24, 2.45) is 11.1 Å². The molecule has 162 valence electrons. The summed E-state index contributed by atoms with van der Waals surface area (Å²) in [6.45, 7) is 2.86. The number of amides is 1. The Morgan fingerprint density at radius 1 is 1.32 bits per heavy atom. The number of halogens is 1. The third-order valence-corrected chi connectivity index (χ3v) is 7.62. The smallest absolute Gasteiger partial charge is 0.235 e. The van der Waals surface area contributed by atoms with Gasteiger partial charge in [0.15, 0.2) is 5.13 Å². The van der Waals surface area contributed by atoms with Crippen LogP contribution in [0.15, 0.2) is 40.7 Å². The van der Waals surface area contributed by atoms with Crippen molar-refractivity contribution in [3.8, 4) is 11.1 Å². The fraction of sp³-hybridized carbons (Fsp3) is 0.250. The highest BCUT2D eigenvalue weighted by atomic mass is 32.2. The third kappa shape index (κ3) is 4.16. The zero-order valence-corrected chi connectivity index (χ0v) is 18.5. The van der Waals surface area contributed by atoms with E-state index < -0.39 is 16.8 Å². The molecule has 1 unspecified atom stereocenters. The van der Waals surface area contributed by atoms with Crippen LogP contribution >= 0.6 is 11.3 Å². The van der Waals surface area contributed by atoms with E-state index in [1.807, 2.05) is 24.3 Å². The monoisotopic (exact) mass is 460 g/mol. The lowest BCUT2D eigenvalue weighted by molar-refractivity contribution is -0.122. The third-order valence-electron chi connectivity index (χ3n) is 5.19. The minimum atomic E-state index is -1.62. The van der Waals surface area contributed by atoms with Crippen molar-refractivity contribution < 1.29 is 13.4 Å². The number of hydrogen-bond acceptors (Lipinski definition) is 7. The van der Waals surface area contributed by atoms with Crippen LogP contribution in [0.2, 0.25) is 0 Å². The largest absolute Gasteiger partial charge is 0.384 e. The summed E-state index contributed by atoms with van der Waals surface area (Å²) < 4.78 is 26.1. The molecular weight excluding hydrogens is 439 g/mol. The van der Waals surface area contributed by atoms with E-state index in [4.69, 9.17) is 10.9 Å². The zero-order chi connectivity index (χ0) is 22.3. The number of anilines is 3. The standard InChI is InChI=1S/C20H21FN6O2S2/c1-11-19(31(23)29)30-20(25-11)26(2)18(28)13-9-27(10-13)14-5-3-12(4-6-14)15-8-24-17(22)7-16(15)21/h3-8,13H,9-10,23H2,1-2H3,(H2,22,24). The number of thiazole rings is 1. The predicted octanol–water partition coefficient (Wildman–Crippen LogP) is 2.32. The van der Waals surface area contributed by atoms with Crippen molar-refractivity contribution in [1.82, 2.24) is 9.97 Å². The van der Waals surface area contributed by atoms with Gasteiger partial charge in [0.25, 0.3) is 0 Å². The molecule has 1 saturated heterocycles. The van der Waals surface area contributed by atoms with Crippen molar-refractivity contribution in [3.05, 3.63) is 48.0 Å². The van der Waals surface area contributed by atoms with Crippen molar-refractivity contribution in [2.75, 3.05) is 35.7 Å². The number of aromatic nitrogens is 2. The second-order valence-electron chi connectivity index (χ2n) is 7.30. The second kappa shape index (κ2) is 8.33. The van der Waals surface area contributed by atoms with Gasteiger partial charge in [-0.05, 0) is 24.6 Å². The van der Waals surface area contributed by atoms with Crippen molar-refractivity contribution in [3.63, 3.8) is 0 Å². The molecule has 4 rings (SSSR count). The van der Waals surface area contributed by atoms with Gasteiger partial charge < -0.3 is 10.6 Å². The molecular formula is C20H21FN6O2S2. The van der Waals surface area contributed by atoms with Crippen LogP contribution in [0, 0.1) is 18.7 Å². The van der Waals surface area contributed by atoms with Gasteiger partial charge in [0.05, 0.1) is 11.6 Å². The molecule has 1 fully saturated rings. The van der Waals surface area contributed by atoms with Crippen molar-refractivity contribution in [2.45, 2.75) is 11.1 Å². The molecule has 1 atom stereocenters. The van der Waals surface area contributed by atoms with E-state index in [1.54, 1.807) is 14.0 Å². The van der Waals surface area contributed by atoms with E-state index in [-0.39, 0.29) is 17.6 Å². The lowest BCUT2D eigenvalue weighted by Crippen LogP contribution is -2.54. The summed E-state index contributed by atoms with van der Waals surface area (Å²) in [7, 11) is 0.0421. The van der Waals surface area contributed by atoms with Gasteiger partial charge in [0.2, 0.25) is 5.91 Å². The SMILES string of the molecule is Cc1nc(N(C)C(=O)C2CN(c3ccc(-c4cnc(N)cc4F)cc3)C2)sc1S(N)=O. The number of hydrogen-bond donors (Lipinski definition) is 2. The molecule has 8 nitrogen and oxygen atoms in total.